The van der Waals surface area contributed by atoms with Crippen molar-refractivity contribution in [1.29, 1.82) is 0 Å². The van der Waals surface area contributed by atoms with E-state index in [1.165, 1.54) is 0 Å². The molecule has 5 atom stereocenters. The third kappa shape index (κ3) is 3.57. The molecule has 2 N–H and O–H groups in total. The molecule has 3 saturated heterocycles. The fourth-order valence-corrected chi connectivity index (χ4v) is 3.17. The van der Waals surface area contributed by atoms with Crippen molar-refractivity contribution in [2.24, 2.45) is 0 Å². The minimum Gasteiger partial charge on any atom is -0.356 e. The van der Waals surface area contributed by atoms with Gasteiger partial charge in [0.2, 0.25) is 5.91 Å². The first-order valence-electron chi connectivity index (χ1n) is 8.13. The monoisotopic (exact) mass is 324 g/mol. The number of carbonyl (C=O) groups excluding carboxylic acids is 2. The Morgan fingerprint density at radius 1 is 1.35 bits per heavy atom. The molecular weight excluding hydrogens is 300 g/mol. The normalized spacial score (nSPS) is 39.2. The van der Waals surface area contributed by atoms with Crippen molar-refractivity contribution in [3.63, 3.8) is 0 Å². The standard InChI is InChI=1S/C16H24N2O5/c1-4-10-11(23-16(2,3)22-10)12-13(21-12)15(20)18-9-7-5-6-8-17-14(9)19/h4,9-13H,1,5-8H2,2-3H3,(H,17,19)(H,18,20)/t9-,10+,11-,12+,13-/m0/s1. The number of hydrogen-bond acceptors (Lipinski definition) is 5. The SMILES string of the molecule is C=C[C@H]1OC(C)(C)O[C@@H]1[C@H]1O[C@@H]1C(=O)N[C@H]1CCCCNC1=O. The van der Waals surface area contributed by atoms with Crippen LogP contribution in [0.5, 0.6) is 0 Å². The van der Waals surface area contributed by atoms with Gasteiger partial charge in [-0.3, -0.25) is 9.59 Å². The molecular formula is C16H24N2O5. The van der Waals surface area contributed by atoms with E-state index in [2.05, 4.69) is 17.2 Å². The number of ether oxygens (including phenoxy) is 3. The topological polar surface area (TPSA) is 89.2 Å². The molecule has 3 rings (SSSR count). The van der Waals surface area contributed by atoms with Gasteiger partial charge >= 0.3 is 0 Å². The van der Waals surface area contributed by atoms with Crippen molar-refractivity contribution in [3.05, 3.63) is 12.7 Å². The Hall–Kier alpha value is -1.44. The Bertz CT molecular complexity index is 507. The van der Waals surface area contributed by atoms with Gasteiger partial charge in [0.05, 0.1) is 0 Å². The van der Waals surface area contributed by atoms with Crippen LogP contribution >= 0.6 is 0 Å². The average Bonchev–Trinajstić information content (AvgIpc) is 3.25. The molecule has 0 aliphatic carbocycles. The van der Waals surface area contributed by atoms with Gasteiger partial charge in [0.15, 0.2) is 11.9 Å². The molecule has 3 aliphatic heterocycles. The van der Waals surface area contributed by atoms with Gasteiger partial charge in [-0.25, -0.2) is 0 Å². The molecule has 7 nitrogen and oxygen atoms in total. The van der Waals surface area contributed by atoms with Gasteiger partial charge in [-0.15, -0.1) is 6.58 Å². The van der Waals surface area contributed by atoms with E-state index < -0.39 is 17.9 Å². The maximum atomic E-state index is 12.3. The molecule has 0 bridgehead atoms. The van der Waals surface area contributed by atoms with Crippen molar-refractivity contribution < 1.29 is 23.8 Å². The fourth-order valence-electron chi connectivity index (χ4n) is 3.17. The minimum atomic E-state index is -0.725. The molecule has 2 amide bonds. The quantitative estimate of drug-likeness (QED) is 0.571. The van der Waals surface area contributed by atoms with Crippen LogP contribution in [0.4, 0.5) is 0 Å². The Morgan fingerprint density at radius 2 is 2.13 bits per heavy atom. The molecule has 0 aromatic rings. The van der Waals surface area contributed by atoms with E-state index in [4.69, 9.17) is 14.2 Å². The highest BCUT2D eigenvalue weighted by molar-refractivity contribution is 5.90. The van der Waals surface area contributed by atoms with Crippen LogP contribution in [0.3, 0.4) is 0 Å². The fraction of sp³-hybridized carbons (Fsp3) is 0.750. The first kappa shape index (κ1) is 16.4. The van der Waals surface area contributed by atoms with E-state index in [0.29, 0.717) is 13.0 Å². The molecule has 3 aliphatic rings. The van der Waals surface area contributed by atoms with Gasteiger partial charge in [-0.05, 0) is 33.1 Å². The third-order valence-corrected chi connectivity index (χ3v) is 4.36. The van der Waals surface area contributed by atoms with Crippen molar-refractivity contribution in [2.45, 2.75) is 69.4 Å². The molecule has 23 heavy (non-hydrogen) atoms. The lowest BCUT2D eigenvalue weighted by Crippen LogP contribution is -2.47. The van der Waals surface area contributed by atoms with Crippen molar-refractivity contribution >= 4 is 11.8 Å². The highest BCUT2D eigenvalue weighted by Crippen LogP contribution is 2.38. The first-order valence-corrected chi connectivity index (χ1v) is 8.13. The highest BCUT2D eigenvalue weighted by Gasteiger charge is 2.57. The summed E-state index contributed by atoms with van der Waals surface area (Å²) >= 11 is 0. The minimum absolute atomic E-state index is 0.126. The van der Waals surface area contributed by atoms with Crippen LogP contribution in [0.15, 0.2) is 12.7 Å². The Balaban J connectivity index is 1.56. The zero-order valence-electron chi connectivity index (χ0n) is 13.5. The van der Waals surface area contributed by atoms with Gasteiger partial charge in [0.1, 0.15) is 24.4 Å². The van der Waals surface area contributed by atoms with Crippen LogP contribution in [-0.2, 0) is 23.8 Å². The predicted octanol–water partition coefficient (Wildman–Crippen LogP) is 0.245. The van der Waals surface area contributed by atoms with Crippen molar-refractivity contribution in [1.82, 2.24) is 10.6 Å². The summed E-state index contributed by atoms with van der Waals surface area (Å²) in [6, 6.07) is -0.484. The van der Waals surface area contributed by atoms with E-state index in [-0.39, 0.29) is 30.1 Å². The van der Waals surface area contributed by atoms with Crippen molar-refractivity contribution in [3.8, 4) is 0 Å². The number of carbonyl (C=O) groups is 2. The summed E-state index contributed by atoms with van der Waals surface area (Å²) in [5, 5.41) is 5.58. The van der Waals surface area contributed by atoms with E-state index in [1.54, 1.807) is 6.08 Å². The van der Waals surface area contributed by atoms with Gasteiger partial charge in [-0.2, -0.15) is 0 Å². The summed E-state index contributed by atoms with van der Waals surface area (Å²) in [5.41, 5.74) is 0. The summed E-state index contributed by atoms with van der Waals surface area (Å²) in [5.74, 6) is -1.12. The molecule has 0 aromatic heterocycles. The second-order valence-corrected chi connectivity index (χ2v) is 6.67. The Labute approximate surface area is 135 Å². The van der Waals surface area contributed by atoms with Gasteiger partial charge < -0.3 is 24.8 Å². The molecule has 0 aromatic carbocycles. The summed E-state index contributed by atoms with van der Waals surface area (Å²) in [6.07, 6.45) is 2.52. The zero-order chi connectivity index (χ0) is 16.6. The predicted molar refractivity (Wildman–Crippen MR) is 81.5 cm³/mol. The maximum Gasteiger partial charge on any atom is 0.252 e. The van der Waals surface area contributed by atoms with Crippen LogP contribution in [-0.4, -0.2) is 54.6 Å². The lowest BCUT2D eigenvalue weighted by molar-refractivity contribution is -0.144. The molecule has 0 spiro atoms. The Kier molecular flexibility index (Phi) is 4.44. The van der Waals surface area contributed by atoms with E-state index in [1.807, 2.05) is 13.8 Å². The summed E-state index contributed by atoms with van der Waals surface area (Å²) in [4.78, 5) is 24.2. The van der Waals surface area contributed by atoms with Crippen LogP contribution in [0.25, 0.3) is 0 Å². The van der Waals surface area contributed by atoms with Gasteiger partial charge in [0.25, 0.3) is 5.91 Å². The number of nitrogens with one attached hydrogen (secondary N) is 2. The van der Waals surface area contributed by atoms with Crippen LogP contribution in [0.2, 0.25) is 0 Å². The zero-order valence-corrected chi connectivity index (χ0v) is 13.5. The summed E-state index contributed by atoms with van der Waals surface area (Å²) in [7, 11) is 0. The Morgan fingerprint density at radius 3 is 2.87 bits per heavy atom. The molecule has 3 heterocycles. The van der Waals surface area contributed by atoms with Crippen molar-refractivity contribution in [2.75, 3.05) is 6.54 Å². The summed E-state index contributed by atoms with van der Waals surface area (Å²) in [6.45, 7) is 8.03. The lowest BCUT2D eigenvalue weighted by atomic mass is 10.1. The van der Waals surface area contributed by atoms with E-state index in [0.717, 1.165) is 12.8 Å². The first-order chi connectivity index (χ1) is 10.9. The van der Waals surface area contributed by atoms with E-state index in [9.17, 15) is 9.59 Å². The van der Waals surface area contributed by atoms with Crippen LogP contribution in [0, 0.1) is 0 Å². The lowest BCUT2D eigenvalue weighted by Gasteiger charge is -2.16. The number of epoxide rings is 1. The second kappa shape index (κ2) is 6.22. The molecule has 3 fully saturated rings. The molecule has 7 heteroatoms. The molecule has 0 radical (unpaired) electrons. The number of rotatable bonds is 4. The third-order valence-electron chi connectivity index (χ3n) is 4.36. The average molecular weight is 324 g/mol. The molecule has 0 saturated carbocycles. The molecule has 0 unspecified atom stereocenters. The summed E-state index contributed by atoms with van der Waals surface area (Å²) < 4.78 is 17.0. The van der Waals surface area contributed by atoms with Crippen LogP contribution in [0.1, 0.15) is 33.1 Å². The maximum absolute atomic E-state index is 12.3. The second-order valence-electron chi connectivity index (χ2n) is 6.67. The number of hydrogen-bond donors (Lipinski definition) is 2. The number of amides is 2. The molecule has 128 valence electrons. The smallest absolute Gasteiger partial charge is 0.252 e. The van der Waals surface area contributed by atoms with Gasteiger partial charge in [0, 0.05) is 6.54 Å². The largest absolute Gasteiger partial charge is 0.356 e. The highest BCUT2D eigenvalue weighted by atomic mass is 16.8. The van der Waals surface area contributed by atoms with Crippen LogP contribution < -0.4 is 10.6 Å². The van der Waals surface area contributed by atoms with Gasteiger partial charge in [-0.1, -0.05) is 6.08 Å². The van der Waals surface area contributed by atoms with E-state index >= 15 is 0 Å².